The van der Waals surface area contributed by atoms with E-state index in [1.54, 1.807) is 13.0 Å². The van der Waals surface area contributed by atoms with Crippen molar-refractivity contribution in [2.45, 2.75) is 33.6 Å². The molecule has 0 aromatic heterocycles. The molecule has 0 fully saturated rings. The smallest absolute Gasteiger partial charge is 0.319 e. The van der Waals surface area contributed by atoms with Crippen LogP contribution in [0.5, 0.6) is 0 Å². The number of rotatable bonds is 6. The molecule has 14 heavy (non-hydrogen) atoms. The molecule has 0 aromatic carbocycles. The molecule has 0 unspecified atom stereocenters. The molecule has 1 atom stereocenters. The minimum Gasteiger partial charge on any atom is -0.465 e. The molecule has 0 spiro atoms. The van der Waals surface area contributed by atoms with Crippen LogP contribution in [0.15, 0.2) is 12.7 Å². The second kappa shape index (κ2) is 5.58. The van der Waals surface area contributed by atoms with Crippen molar-refractivity contribution in [3.8, 4) is 0 Å². The monoisotopic (exact) mass is 198 g/mol. The first-order valence-corrected chi connectivity index (χ1v) is 4.84. The van der Waals surface area contributed by atoms with Crippen molar-refractivity contribution in [3.63, 3.8) is 0 Å². The van der Waals surface area contributed by atoms with Gasteiger partial charge in [-0.05, 0) is 26.7 Å². The van der Waals surface area contributed by atoms with Crippen LogP contribution in [-0.2, 0) is 14.3 Å². The standard InChI is InChI=1S/C11H18O3/c1-5-8-11(6-2,9(4)12)10(13)14-7-3/h5H,1,6-8H2,2-4H3/t11-/m0/s1. The molecule has 0 saturated carbocycles. The van der Waals surface area contributed by atoms with E-state index in [2.05, 4.69) is 6.58 Å². The zero-order chi connectivity index (χ0) is 11.2. The highest BCUT2D eigenvalue weighted by Crippen LogP contribution is 2.29. The first-order chi connectivity index (χ1) is 6.55. The lowest BCUT2D eigenvalue weighted by Gasteiger charge is -2.25. The fraction of sp³-hybridized carbons (Fsp3) is 0.636. The molecule has 0 aromatic rings. The van der Waals surface area contributed by atoms with E-state index < -0.39 is 11.4 Å². The highest BCUT2D eigenvalue weighted by atomic mass is 16.5. The molecule has 0 N–H and O–H groups in total. The first kappa shape index (κ1) is 12.9. The minimum absolute atomic E-state index is 0.154. The third kappa shape index (κ3) is 2.44. The fourth-order valence-corrected chi connectivity index (χ4v) is 1.42. The van der Waals surface area contributed by atoms with E-state index >= 15 is 0 Å². The lowest BCUT2D eigenvalue weighted by atomic mass is 9.78. The van der Waals surface area contributed by atoms with Crippen molar-refractivity contribution in [1.29, 1.82) is 0 Å². The Morgan fingerprint density at radius 1 is 1.43 bits per heavy atom. The zero-order valence-corrected chi connectivity index (χ0v) is 9.13. The van der Waals surface area contributed by atoms with E-state index in [9.17, 15) is 9.59 Å². The Morgan fingerprint density at radius 3 is 2.29 bits per heavy atom. The number of Topliss-reactive ketones (excluding diaryl/α,β-unsaturated/α-hetero) is 1. The average molecular weight is 198 g/mol. The predicted molar refractivity (Wildman–Crippen MR) is 54.9 cm³/mol. The van der Waals surface area contributed by atoms with Gasteiger partial charge >= 0.3 is 5.97 Å². The Bertz CT molecular complexity index is 233. The van der Waals surface area contributed by atoms with Gasteiger partial charge in [-0.2, -0.15) is 0 Å². The molecule has 0 heterocycles. The summed E-state index contributed by atoms with van der Waals surface area (Å²) in [7, 11) is 0. The summed E-state index contributed by atoms with van der Waals surface area (Å²) in [6.45, 7) is 8.81. The number of ether oxygens (including phenoxy) is 1. The molecule has 80 valence electrons. The quantitative estimate of drug-likeness (QED) is 0.373. The number of esters is 1. The summed E-state index contributed by atoms with van der Waals surface area (Å²) < 4.78 is 4.90. The van der Waals surface area contributed by atoms with Crippen molar-refractivity contribution >= 4 is 11.8 Å². The van der Waals surface area contributed by atoms with Gasteiger partial charge in [0.2, 0.25) is 0 Å². The zero-order valence-electron chi connectivity index (χ0n) is 9.13. The normalized spacial score (nSPS) is 14.2. The Labute approximate surface area is 85.1 Å². The Kier molecular flexibility index (Phi) is 5.13. The Morgan fingerprint density at radius 2 is 2.00 bits per heavy atom. The van der Waals surface area contributed by atoms with Crippen LogP contribution in [-0.4, -0.2) is 18.4 Å². The summed E-state index contributed by atoms with van der Waals surface area (Å²) >= 11 is 0. The summed E-state index contributed by atoms with van der Waals surface area (Å²) in [6, 6.07) is 0. The van der Waals surface area contributed by atoms with Crippen LogP contribution in [0.3, 0.4) is 0 Å². The van der Waals surface area contributed by atoms with Crippen LogP contribution in [0.25, 0.3) is 0 Å². The second-order valence-corrected chi connectivity index (χ2v) is 3.21. The van der Waals surface area contributed by atoms with Gasteiger partial charge in [-0.1, -0.05) is 13.0 Å². The molecule has 0 aliphatic carbocycles. The third-order valence-electron chi connectivity index (χ3n) is 2.44. The lowest BCUT2D eigenvalue weighted by Crippen LogP contribution is -2.38. The number of hydrogen-bond donors (Lipinski definition) is 0. The molecule has 0 rings (SSSR count). The molecule has 0 saturated heterocycles. The van der Waals surface area contributed by atoms with Gasteiger partial charge in [-0.25, -0.2) is 0 Å². The van der Waals surface area contributed by atoms with Crippen LogP contribution in [0.2, 0.25) is 0 Å². The molecule has 3 heteroatoms. The first-order valence-electron chi connectivity index (χ1n) is 4.84. The van der Waals surface area contributed by atoms with Crippen molar-refractivity contribution in [1.82, 2.24) is 0 Å². The van der Waals surface area contributed by atoms with Gasteiger partial charge in [0.25, 0.3) is 0 Å². The summed E-state index contributed by atoms with van der Waals surface area (Å²) in [5.41, 5.74) is -1.02. The molecule has 3 nitrogen and oxygen atoms in total. The van der Waals surface area contributed by atoms with Gasteiger partial charge in [0.05, 0.1) is 6.61 Å². The van der Waals surface area contributed by atoms with Crippen molar-refractivity contribution in [2.24, 2.45) is 5.41 Å². The second-order valence-electron chi connectivity index (χ2n) is 3.21. The highest BCUT2D eigenvalue weighted by molar-refractivity contribution is 6.02. The molecular weight excluding hydrogens is 180 g/mol. The van der Waals surface area contributed by atoms with Gasteiger partial charge in [0, 0.05) is 0 Å². The fourth-order valence-electron chi connectivity index (χ4n) is 1.42. The summed E-state index contributed by atoms with van der Waals surface area (Å²) in [5.74, 6) is -0.590. The van der Waals surface area contributed by atoms with Crippen LogP contribution in [0.4, 0.5) is 0 Å². The minimum atomic E-state index is -1.02. The van der Waals surface area contributed by atoms with Crippen LogP contribution in [0, 0.1) is 5.41 Å². The summed E-state index contributed by atoms with van der Waals surface area (Å²) in [5, 5.41) is 0. The average Bonchev–Trinajstić information content (AvgIpc) is 2.14. The Hall–Kier alpha value is -1.12. The molecule has 0 bridgehead atoms. The van der Waals surface area contributed by atoms with Gasteiger partial charge in [0.1, 0.15) is 11.2 Å². The molecule has 0 aliphatic heterocycles. The van der Waals surface area contributed by atoms with Gasteiger partial charge in [-0.3, -0.25) is 9.59 Å². The number of carbonyl (C=O) groups excluding carboxylic acids is 2. The molecular formula is C11H18O3. The largest absolute Gasteiger partial charge is 0.465 e. The molecule has 0 amide bonds. The van der Waals surface area contributed by atoms with E-state index in [1.165, 1.54) is 6.92 Å². The summed E-state index contributed by atoms with van der Waals surface area (Å²) in [4.78, 5) is 23.1. The van der Waals surface area contributed by atoms with Gasteiger partial charge in [0.15, 0.2) is 0 Å². The molecule has 0 aliphatic rings. The van der Waals surface area contributed by atoms with E-state index in [1.807, 2.05) is 6.92 Å². The van der Waals surface area contributed by atoms with Crippen molar-refractivity contribution in [3.05, 3.63) is 12.7 Å². The van der Waals surface area contributed by atoms with Crippen LogP contribution >= 0.6 is 0 Å². The predicted octanol–water partition coefficient (Wildman–Crippen LogP) is 2.11. The number of ketones is 1. The maximum absolute atomic E-state index is 11.6. The van der Waals surface area contributed by atoms with Crippen molar-refractivity contribution in [2.75, 3.05) is 6.61 Å². The summed E-state index contributed by atoms with van der Waals surface area (Å²) in [6.07, 6.45) is 2.38. The van der Waals surface area contributed by atoms with E-state index in [0.717, 1.165) is 0 Å². The number of allylic oxidation sites excluding steroid dienone is 1. The SMILES string of the molecule is C=CC[C@@](CC)(C(C)=O)C(=O)OCC. The van der Waals surface area contributed by atoms with Crippen LogP contribution in [0.1, 0.15) is 33.6 Å². The maximum atomic E-state index is 11.6. The third-order valence-corrected chi connectivity index (χ3v) is 2.44. The van der Waals surface area contributed by atoms with E-state index in [4.69, 9.17) is 4.74 Å². The Balaban J connectivity index is 4.91. The van der Waals surface area contributed by atoms with E-state index in [-0.39, 0.29) is 5.78 Å². The van der Waals surface area contributed by atoms with Gasteiger partial charge < -0.3 is 4.74 Å². The van der Waals surface area contributed by atoms with Gasteiger partial charge in [-0.15, -0.1) is 6.58 Å². The lowest BCUT2D eigenvalue weighted by molar-refractivity contribution is -0.159. The topological polar surface area (TPSA) is 43.4 Å². The molecule has 0 radical (unpaired) electrons. The highest BCUT2D eigenvalue weighted by Gasteiger charge is 2.41. The van der Waals surface area contributed by atoms with E-state index in [0.29, 0.717) is 19.4 Å². The van der Waals surface area contributed by atoms with Crippen molar-refractivity contribution < 1.29 is 14.3 Å². The van der Waals surface area contributed by atoms with Crippen LogP contribution < -0.4 is 0 Å². The number of carbonyl (C=O) groups is 2. The maximum Gasteiger partial charge on any atom is 0.319 e. The number of hydrogen-bond acceptors (Lipinski definition) is 3.